The molecule has 2 aromatic heterocycles. The van der Waals surface area contributed by atoms with Gasteiger partial charge in [-0.15, -0.1) is 11.3 Å². The number of benzene rings is 1. The number of fused-ring (bicyclic) bond motifs is 1. The van der Waals surface area contributed by atoms with Crippen molar-refractivity contribution in [1.29, 1.82) is 0 Å². The van der Waals surface area contributed by atoms with Crippen LogP contribution in [0.2, 0.25) is 0 Å². The molecule has 142 valence electrons. The molecule has 28 heavy (non-hydrogen) atoms. The molecule has 1 aliphatic carbocycles. The zero-order valence-electron chi connectivity index (χ0n) is 15.3. The van der Waals surface area contributed by atoms with E-state index in [4.69, 9.17) is 4.74 Å². The predicted molar refractivity (Wildman–Crippen MR) is 109 cm³/mol. The van der Waals surface area contributed by atoms with Crippen LogP contribution in [0.1, 0.15) is 37.6 Å². The van der Waals surface area contributed by atoms with E-state index in [0.29, 0.717) is 27.6 Å². The van der Waals surface area contributed by atoms with E-state index in [1.54, 1.807) is 37.6 Å². The number of hydrogen-bond acceptors (Lipinski definition) is 5. The maximum absolute atomic E-state index is 13.1. The largest absolute Gasteiger partial charge is 0.497 e. The van der Waals surface area contributed by atoms with Crippen molar-refractivity contribution in [2.24, 2.45) is 0 Å². The number of aromatic nitrogens is 1. The van der Waals surface area contributed by atoms with Gasteiger partial charge in [-0.2, -0.15) is 0 Å². The molecule has 0 saturated heterocycles. The highest BCUT2D eigenvalue weighted by molar-refractivity contribution is 7.17. The van der Waals surface area contributed by atoms with Crippen molar-refractivity contribution in [3.8, 4) is 5.75 Å². The van der Waals surface area contributed by atoms with Crippen molar-refractivity contribution in [3.63, 3.8) is 0 Å². The van der Waals surface area contributed by atoms with E-state index in [2.05, 4.69) is 15.6 Å². The van der Waals surface area contributed by atoms with Crippen molar-refractivity contribution < 1.29 is 14.3 Å². The van der Waals surface area contributed by atoms with Crippen molar-refractivity contribution in [1.82, 2.24) is 4.98 Å². The number of amides is 2. The Morgan fingerprint density at radius 2 is 2.00 bits per heavy atom. The Hall–Kier alpha value is -3.19. The van der Waals surface area contributed by atoms with Crippen molar-refractivity contribution in [2.45, 2.75) is 19.3 Å². The van der Waals surface area contributed by atoms with Crippen LogP contribution in [0.5, 0.6) is 5.75 Å². The second-order valence-electron chi connectivity index (χ2n) is 6.44. The summed E-state index contributed by atoms with van der Waals surface area (Å²) in [6.07, 6.45) is 5.92. The zero-order chi connectivity index (χ0) is 19.5. The van der Waals surface area contributed by atoms with E-state index in [9.17, 15) is 9.59 Å². The van der Waals surface area contributed by atoms with Gasteiger partial charge in [0.1, 0.15) is 10.8 Å². The molecule has 1 aromatic carbocycles. The van der Waals surface area contributed by atoms with E-state index in [1.165, 1.54) is 17.5 Å². The molecule has 0 aliphatic heterocycles. The maximum atomic E-state index is 13.1. The van der Waals surface area contributed by atoms with Gasteiger partial charge in [-0.25, -0.2) is 0 Å². The molecule has 2 heterocycles. The molecule has 2 amide bonds. The third-order valence-corrected chi connectivity index (χ3v) is 5.83. The highest BCUT2D eigenvalue weighted by Gasteiger charge is 2.27. The number of rotatable bonds is 5. The average molecular weight is 393 g/mol. The summed E-state index contributed by atoms with van der Waals surface area (Å²) in [5.41, 5.74) is 2.69. The van der Waals surface area contributed by atoms with Gasteiger partial charge in [-0.1, -0.05) is 6.07 Å². The number of carbonyl (C=O) groups excluding carboxylic acids is 2. The van der Waals surface area contributed by atoms with E-state index >= 15 is 0 Å². The first-order valence-electron chi connectivity index (χ1n) is 8.97. The first-order chi connectivity index (χ1) is 13.7. The number of thiophene rings is 1. The third kappa shape index (κ3) is 3.61. The average Bonchev–Trinajstić information content (AvgIpc) is 3.29. The van der Waals surface area contributed by atoms with E-state index in [0.717, 1.165) is 29.7 Å². The van der Waals surface area contributed by atoms with E-state index in [1.807, 2.05) is 12.1 Å². The quantitative estimate of drug-likeness (QED) is 0.683. The molecule has 2 N–H and O–H groups in total. The number of pyridine rings is 1. The first-order valence-corrected chi connectivity index (χ1v) is 9.78. The molecule has 1 aliphatic rings. The van der Waals surface area contributed by atoms with Crippen molar-refractivity contribution in [2.75, 3.05) is 17.7 Å². The number of nitrogens with zero attached hydrogens (tertiary/aromatic N) is 1. The number of carbonyl (C=O) groups is 2. The monoisotopic (exact) mass is 393 g/mol. The standard InChI is InChI=1S/C21H19N3O3S/c1-27-15-7-2-6-14(11-15)23-20(26)18-16-8-3-9-17(16)28-21(18)24-19(25)13-5-4-10-22-12-13/h2,4-7,10-12H,3,8-9H2,1H3,(H,23,26)(H,24,25). The Balaban J connectivity index is 1.62. The number of hydrogen-bond donors (Lipinski definition) is 2. The van der Waals surface area contributed by atoms with E-state index in [-0.39, 0.29) is 11.8 Å². The van der Waals surface area contributed by atoms with Crippen LogP contribution in [0.15, 0.2) is 48.8 Å². The maximum Gasteiger partial charge on any atom is 0.258 e. The fourth-order valence-corrected chi connectivity index (χ4v) is 4.58. The summed E-state index contributed by atoms with van der Waals surface area (Å²) in [5.74, 6) is 0.163. The summed E-state index contributed by atoms with van der Waals surface area (Å²) in [4.78, 5) is 30.8. The Labute approximate surface area is 166 Å². The minimum atomic E-state index is -0.275. The molecular formula is C21H19N3O3S. The molecule has 7 heteroatoms. The van der Waals surface area contributed by atoms with Gasteiger partial charge in [0.2, 0.25) is 0 Å². The molecule has 0 unspecified atom stereocenters. The number of methoxy groups -OCH3 is 1. The van der Waals surface area contributed by atoms with Crippen LogP contribution in [0.3, 0.4) is 0 Å². The Morgan fingerprint density at radius 1 is 1.11 bits per heavy atom. The number of aryl methyl sites for hydroxylation is 1. The molecule has 4 rings (SSSR count). The van der Waals surface area contributed by atoms with Crippen LogP contribution in [0.4, 0.5) is 10.7 Å². The molecule has 6 nitrogen and oxygen atoms in total. The molecule has 3 aromatic rings. The second-order valence-corrected chi connectivity index (χ2v) is 7.55. The third-order valence-electron chi connectivity index (χ3n) is 4.63. The molecular weight excluding hydrogens is 374 g/mol. The minimum Gasteiger partial charge on any atom is -0.497 e. The summed E-state index contributed by atoms with van der Waals surface area (Å²) in [6.45, 7) is 0. The molecule has 0 bridgehead atoms. The normalized spacial score (nSPS) is 12.3. The van der Waals surface area contributed by atoms with Gasteiger partial charge in [-0.3, -0.25) is 14.6 Å². The van der Waals surface area contributed by atoms with Crippen LogP contribution in [-0.4, -0.2) is 23.9 Å². The van der Waals surface area contributed by atoms with Gasteiger partial charge >= 0.3 is 0 Å². The Kier molecular flexibility index (Phi) is 5.08. The summed E-state index contributed by atoms with van der Waals surface area (Å²) >= 11 is 1.48. The van der Waals surface area contributed by atoms with Gasteiger partial charge in [0.25, 0.3) is 11.8 Å². The lowest BCUT2D eigenvalue weighted by Gasteiger charge is -2.10. The molecule has 0 fully saturated rings. The van der Waals surface area contributed by atoms with Crippen LogP contribution >= 0.6 is 11.3 Å². The fourth-order valence-electron chi connectivity index (χ4n) is 3.30. The fraction of sp³-hybridized carbons (Fsp3) is 0.190. The van der Waals surface area contributed by atoms with Crippen molar-refractivity contribution in [3.05, 3.63) is 70.4 Å². The highest BCUT2D eigenvalue weighted by atomic mass is 32.1. The van der Waals surface area contributed by atoms with Gasteiger partial charge in [0, 0.05) is 29.0 Å². The lowest BCUT2D eigenvalue weighted by molar-refractivity contribution is 0.102. The second kappa shape index (κ2) is 7.82. The summed E-state index contributed by atoms with van der Waals surface area (Å²) in [5, 5.41) is 6.41. The number of ether oxygens (including phenoxy) is 1. The molecule has 0 saturated carbocycles. The smallest absolute Gasteiger partial charge is 0.258 e. The Bertz CT molecular complexity index is 1030. The van der Waals surface area contributed by atoms with Crippen LogP contribution in [0.25, 0.3) is 0 Å². The predicted octanol–water partition coefficient (Wildman–Crippen LogP) is 4.15. The van der Waals surface area contributed by atoms with Gasteiger partial charge in [-0.05, 0) is 49.1 Å². The molecule has 0 radical (unpaired) electrons. The summed E-state index contributed by atoms with van der Waals surface area (Å²) < 4.78 is 5.21. The topological polar surface area (TPSA) is 80.3 Å². The number of nitrogens with one attached hydrogen (secondary N) is 2. The highest BCUT2D eigenvalue weighted by Crippen LogP contribution is 2.39. The lowest BCUT2D eigenvalue weighted by Crippen LogP contribution is -2.18. The van der Waals surface area contributed by atoms with Crippen LogP contribution < -0.4 is 15.4 Å². The van der Waals surface area contributed by atoms with E-state index < -0.39 is 0 Å². The Morgan fingerprint density at radius 3 is 2.79 bits per heavy atom. The number of anilines is 2. The first kappa shape index (κ1) is 18.2. The van der Waals surface area contributed by atoms with Gasteiger partial charge in [0.05, 0.1) is 18.2 Å². The van der Waals surface area contributed by atoms with Crippen LogP contribution in [0, 0.1) is 0 Å². The van der Waals surface area contributed by atoms with Crippen molar-refractivity contribution >= 4 is 33.8 Å². The molecule has 0 atom stereocenters. The summed E-state index contributed by atoms with van der Waals surface area (Å²) in [7, 11) is 1.58. The van der Waals surface area contributed by atoms with Crippen LogP contribution in [-0.2, 0) is 12.8 Å². The minimum absolute atomic E-state index is 0.228. The SMILES string of the molecule is COc1cccc(NC(=O)c2c(NC(=O)c3cccnc3)sc3c2CCC3)c1. The molecule has 0 spiro atoms. The van der Waals surface area contributed by atoms with Gasteiger partial charge < -0.3 is 15.4 Å². The van der Waals surface area contributed by atoms with Gasteiger partial charge in [0.15, 0.2) is 0 Å². The zero-order valence-corrected chi connectivity index (χ0v) is 16.1. The lowest BCUT2D eigenvalue weighted by atomic mass is 10.1. The summed E-state index contributed by atoms with van der Waals surface area (Å²) in [6, 6.07) is 10.6.